The second kappa shape index (κ2) is 7.70. The van der Waals surface area contributed by atoms with Gasteiger partial charge < -0.3 is 14.2 Å². The van der Waals surface area contributed by atoms with Crippen molar-refractivity contribution in [2.75, 3.05) is 18.3 Å². The molecule has 0 aromatic heterocycles. The molecule has 2 aliphatic rings. The van der Waals surface area contributed by atoms with Crippen LogP contribution in [0.4, 0.5) is 10.5 Å². The molecule has 2 aromatic carbocycles. The molecule has 4 amide bonds. The fraction of sp³-hybridized carbons (Fsp3) is 0.143. The Morgan fingerprint density at radius 2 is 1.83 bits per heavy atom. The number of benzene rings is 2. The lowest BCUT2D eigenvalue weighted by atomic mass is 10.1. The molecule has 9 heteroatoms. The molecule has 0 spiro atoms. The number of carbonyl (C=O) groups is 4. The third-order valence-corrected chi connectivity index (χ3v) is 4.45. The van der Waals surface area contributed by atoms with Crippen molar-refractivity contribution in [2.24, 2.45) is 0 Å². The topological polar surface area (TPSA) is 111 Å². The van der Waals surface area contributed by atoms with E-state index >= 15 is 0 Å². The van der Waals surface area contributed by atoms with Crippen molar-refractivity contribution in [1.82, 2.24) is 5.32 Å². The van der Waals surface area contributed by atoms with Gasteiger partial charge in [-0.3, -0.25) is 14.9 Å². The molecule has 1 fully saturated rings. The van der Waals surface area contributed by atoms with Gasteiger partial charge in [-0.05, 0) is 55.0 Å². The van der Waals surface area contributed by atoms with E-state index in [9.17, 15) is 19.2 Å². The molecule has 0 saturated carbocycles. The quantitative estimate of drug-likeness (QED) is 0.469. The van der Waals surface area contributed by atoms with E-state index in [-0.39, 0.29) is 30.2 Å². The van der Waals surface area contributed by atoms with Gasteiger partial charge in [-0.2, -0.15) is 0 Å². The lowest BCUT2D eigenvalue weighted by Gasteiger charge is -2.26. The van der Waals surface area contributed by atoms with Crippen LogP contribution < -0.4 is 19.7 Å². The molecular weight excluding hydrogens is 392 g/mol. The highest BCUT2D eigenvalue weighted by Crippen LogP contribution is 2.33. The van der Waals surface area contributed by atoms with Crippen LogP contribution in [0.1, 0.15) is 22.8 Å². The Hall–Kier alpha value is -4.14. The summed E-state index contributed by atoms with van der Waals surface area (Å²) in [5, 5.41) is 2.15. The highest BCUT2D eigenvalue weighted by atomic mass is 16.7. The third kappa shape index (κ3) is 3.48. The SMILES string of the molecule is CCOC(=O)c1ccc(N2C(=O)NC(=O)/C(=C\c3ccc4c(c3)OCO4)C2=O)cc1. The summed E-state index contributed by atoms with van der Waals surface area (Å²) in [4.78, 5) is 50.1. The van der Waals surface area contributed by atoms with Crippen LogP contribution >= 0.6 is 0 Å². The molecule has 30 heavy (non-hydrogen) atoms. The second-order valence-corrected chi connectivity index (χ2v) is 6.34. The minimum atomic E-state index is -0.878. The van der Waals surface area contributed by atoms with Gasteiger partial charge in [0.15, 0.2) is 11.5 Å². The number of hydrogen-bond donors (Lipinski definition) is 1. The van der Waals surface area contributed by atoms with Crippen LogP contribution in [0.2, 0.25) is 0 Å². The zero-order valence-corrected chi connectivity index (χ0v) is 15.8. The number of ether oxygens (including phenoxy) is 3. The largest absolute Gasteiger partial charge is 0.462 e. The van der Waals surface area contributed by atoms with E-state index in [4.69, 9.17) is 14.2 Å². The Morgan fingerprint density at radius 1 is 1.10 bits per heavy atom. The van der Waals surface area contributed by atoms with E-state index < -0.39 is 23.8 Å². The maximum absolute atomic E-state index is 12.9. The standard InChI is InChI=1S/C21H16N2O7/c1-2-28-20(26)13-4-6-14(7-5-13)23-19(25)15(18(24)22-21(23)27)9-12-3-8-16-17(10-12)30-11-29-16/h3-10H,2,11H2,1H3,(H,22,24,27)/b15-9+. The number of rotatable bonds is 4. The zero-order valence-electron chi connectivity index (χ0n) is 15.8. The summed E-state index contributed by atoms with van der Waals surface area (Å²) in [6.45, 7) is 2.01. The fourth-order valence-corrected chi connectivity index (χ4v) is 3.02. The highest BCUT2D eigenvalue weighted by molar-refractivity contribution is 6.39. The Balaban J connectivity index is 1.63. The van der Waals surface area contributed by atoms with E-state index in [2.05, 4.69) is 5.32 Å². The van der Waals surface area contributed by atoms with Crippen LogP contribution in [0.25, 0.3) is 6.08 Å². The minimum Gasteiger partial charge on any atom is -0.462 e. The van der Waals surface area contributed by atoms with Gasteiger partial charge in [0, 0.05) is 0 Å². The molecule has 152 valence electrons. The maximum atomic E-state index is 12.9. The predicted molar refractivity (Wildman–Crippen MR) is 104 cm³/mol. The van der Waals surface area contributed by atoms with Gasteiger partial charge in [0.1, 0.15) is 5.57 Å². The molecule has 2 aliphatic heterocycles. The molecule has 0 radical (unpaired) electrons. The Morgan fingerprint density at radius 3 is 2.57 bits per heavy atom. The normalized spacial score (nSPS) is 16.6. The number of urea groups is 1. The summed E-state index contributed by atoms with van der Waals surface area (Å²) < 4.78 is 15.5. The number of barbiturate groups is 1. The first kappa shape index (κ1) is 19.2. The first-order valence-corrected chi connectivity index (χ1v) is 9.06. The van der Waals surface area contributed by atoms with E-state index in [0.29, 0.717) is 17.1 Å². The molecule has 1 N–H and O–H groups in total. The maximum Gasteiger partial charge on any atom is 0.338 e. The van der Waals surface area contributed by atoms with Gasteiger partial charge >= 0.3 is 12.0 Å². The van der Waals surface area contributed by atoms with Crippen molar-refractivity contribution in [3.63, 3.8) is 0 Å². The summed E-state index contributed by atoms with van der Waals surface area (Å²) in [6.07, 6.45) is 1.37. The van der Waals surface area contributed by atoms with Crippen molar-refractivity contribution in [3.05, 3.63) is 59.2 Å². The van der Waals surface area contributed by atoms with Crippen molar-refractivity contribution in [2.45, 2.75) is 6.92 Å². The Bertz CT molecular complexity index is 1090. The van der Waals surface area contributed by atoms with Crippen molar-refractivity contribution in [3.8, 4) is 11.5 Å². The first-order chi connectivity index (χ1) is 14.5. The van der Waals surface area contributed by atoms with Crippen molar-refractivity contribution < 1.29 is 33.4 Å². The van der Waals surface area contributed by atoms with Gasteiger partial charge in [-0.1, -0.05) is 6.07 Å². The Kier molecular flexibility index (Phi) is 4.93. The summed E-state index contributed by atoms with van der Waals surface area (Å²) in [5.74, 6) is -1.05. The molecule has 2 heterocycles. The first-order valence-electron chi connectivity index (χ1n) is 9.06. The number of nitrogens with zero attached hydrogens (tertiary/aromatic N) is 1. The van der Waals surface area contributed by atoms with Crippen LogP contribution in [0.3, 0.4) is 0 Å². The molecule has 0 unspecified atom stereocenters. The number of imide groups is 2. The number of nitrogens with one attached hydrogen (secondary N) is 1. The van der Waals surface area contributed by atoms with Gasteiger partial charge in [-0.25, -0.2) is 14.5 Å². The average Bonchev–Trinajstić information content (AvgIpc) is 3.19. The molecule has 9 nitrogen and oxygen atoms in total. The van der Waals surface area contributed by atoms with Crippen LogP contribution in [0, 0.1) is 0 Å². The molecule has 4 rings (SSSR count). The molecule has 0 atom stereocenters. The molecular formula is C21H16N2O7. The van der Waals surface area contributed by atoms with Gasteiger partial charge in [-0.15, -0.1) is 0 Å². The van der Waals surface area contributed by atoms with Gasteiger partial charge in [0.05, 0.1) is 17.9 Å². The van der Waals surface area contributed by atoms with E-state index in [1.54, 1.807) is 25.1 Å². The van der Waals surface area contributed by atoms with Crippen LogP contribution in [-0.4, -0.2) is 37.2 Å². The predicted octanol–water partition coefficient (Wildman–Crippen LogP) is 2.26. The van der Waals surface area contributed by atoms with Crippen molar-refractivity contribution >= 4 is 35.6 Å². The molecule has 1 saturated heterocycles. The number of anilines is 1. The lowest BCUT2D eigenvalue weighted by Crippen LogP contribution is -2.54. The minimum absolute atomic E-state index is 0.0961. The average molecular weight is 408 g/mol. The zero-order chi connectivity index (χ0) is 21.3. The number of fused-ring (bicyclic) bond motifs is 1. The monoisotopic (exact) mass is 408 g/mol. The molecule has 0 bridgehead atoms. The van der Waals surface area contributed by atoms with E-state index in [1.165, 1.54) is 30.3 Å². The van der Waals surface area contributed by atoms with Crippen LogP contribution in [0.15, 0.2) is 48.0 Å². The Labute approximate surface area is 170 Å². The van der Waals surface area contributed by atoms with E-state index in [0.717, 1.165) is 4.90 Å². The van der Waals surface area contributed by atoms with Crippen LogP contribution in [0.5, 0.6) is 11.5 Å². The molecule has 0 aliphatic carbocycles. The highest BCUT2D eigenvalue weighted by Gasteiger charge is 2.37. The number of hydrogen-bond acceptors (Lipinski definition) is 7. The molecule has 2 aromatic rings. The summed E-state index contributed by atoms with van der Waals surface area (Å²) >= 11 is 0. The number of amides is 4. The summed E-state index contributed by atoms with van der Waals surface area (Å²) in [7, 11) is 0. The van der Waals surface area contributed by atoms with Crippen LogP contribution in [-0.2, 0) is 14.3 Å². The summed E-state index contributed by atoms with van der Waals surface area (Å²) in [5.41, 5.74) is 0.792. The van der Waals surface area contributed by atoms with Crippen molar-refractivity contribution in [1.29, 1.82) is 0 Å². The lowest BCUT2D eigenvalue weighted by molar-refractivity contribution is -0.122. The number of esters is 1. The number of carbonyl (C=O) groups excluding carboxylic acids is 4. The summed E-state index contributed by atoms with van der Waals surface area (Å²) in [6, 6.07) is 9.81. The third-order valence-electron chi connectivity index (χ3n) is 4.45. The van der Waals surface area contributed by atoms with Gasteiger partial charge in [0.2, 0.25) is 6.79 Å². The second-order valence-electron chi connectivity index (χ2n) is 6.34. The fourth-order valence-electron chi connectivity index (χ4n) is 3.02. The van der Waals surface area contributed by atoms with E-state index in [1.807, 2.05) is 0 Å². The van der Waals surface area contributed by atoms with Gasteiger partial charge in [0.25, 0.3) is 11.8 Å². The smallest absolute Gasteiger partial charge is 0.338 e.